The maximum atomic E-state index is 11.3. The van der Waals surface area contributed by atoms with Crippen molar-refractivity contribution >= 4 is 11.5 Å². The molecule has 3 N–H and O–H groups in total. The summed E-state index contributed by atoms with van der Waals surface area (Å²) >= 11 is 0. The molecule has 0 aliphatic carbocycles. The molecule has 0 spiro atoms. The average Bonchev–Trinajstić information content (AvgIpc) is 3.21. The second-order valence-electron chi connectivity index (χ2n) is 6.52. The minimum atomic E-state index is -0.600. The van der Waals surface area contributed by atoms with Gasteiger partial charge in [-0.3, -0.25) is 4.98 Å². The van der Waals surface area contributed by atoms with Crippen LogP contribution in [0, 0.1) is 0 Å². The predicted molar refractivity (Wildman–Crippen MR) is 109 cm³/mol. The Labute approximate surface area is 167 Å². The van der Waals surface area contributed by atoms with E-state index in [0.717, 1.165) is 42.3 Å². The SMILES string of the molecule is CCNCNc1cc(N2CCOCC2)c(-c2cncc(-c3n[nH]c(=O)o3)c2)cn1. The summed E-state index contributed by atoms with van der Waals surface area (Å²) in [6, 6.07) is 3.93. The fourth-order valence-electron chi connectivity index (χ4n) is 3.17. The van der Waals surface area contributed by atoms with Crippen LogP contribution in [0.4, 0.5) is 11.5 Å². The van der Waals surface area contributed by atoms with Gasteiger partial charge in [0.25, 0.3) is 5.89 Å². The highest BCUT2D eigenvalue weighted by molar-refractivity contribution is 5.81. The highest BCUT2D eigenvalue weighted by Gasteiger charge is 2.18. The van der Waals surface area contributed by atoms with Gasteiger partial charge in [-0.2, -0.15) is 0 Å². The first-order valence-corrected chi connectivity index (χ1v) is 9.53. The second-order valence-corrected chi connectivity index (χ2v) is 6.52. The van der Waals surface area contributed by atoms with Gasteiger partial charge in [-0.25, -0.2) is 14.9 Å². The van der Waals surface area contributed by atoms with Crippen LogP contribution in [0.2, 0.25) is 0 Å². The van der Waals surface area contributed by atoms with Gasteiger partial charge >= 0.3 is 5.76 Å². The molecule has 10 nitrogen and oxygen atoms in total. The van der Waals surface area contributed by atoms with E-state index in [9.17, 15) is 4.79 Å². The van der Waals surface area contributed by atoms with Crippen LogP contribution in [-0.2, 0) is 4.74 Å². The molecule has 1 fully saturated rings. The summed E-state index contributed by atoms with van der Waals surface area (Å²) in [6.45, 7) is 6.52. The van der Waals surface area contributed by atoms with Crippen LogP contribution in [-0.4, -0.2) is 59.7 Å². The molecule has 3 aromatic rings. The molecule has 1 aliphatic heterocycles. The Balaban J connectivity index is 1.71. The van der Waals surface area contributed by atoms with Crippen molar-refractivity contribution in [1.82, 2.24) is 25.5 Å². The quantitative estimate of drug-likeness (QED) is 0.400. The van der Waals surface area contributed by atoms with E-state index in [0.29, 0.717) is 25.4 Å². The molecule has 1 aliphatic rings. The highest BCUT2D eigenvalue weighted by atomic mass is 16.5. The van der Waals surface area contributed by atoms with Crippen LogP contribution in [0.15, 0.2) is 39.9 Å². The fourth-order valence-corrected chi connectivity index (χ4v) is 3.17. The van der Waals surface area contributed by atoms with Crippen molar-refractivity contribution in [3.63, 3.8) is 0 Å². The van der Waals surface area contributed by atoms with Crippen molar-refractivity contribution in [2.24, 2.45) is 0 Å². The van der Waals surface area contributed by atoms with E-state index in [4.69, 9.17) is 9.15 Å². The molecule has 1 saturated heterocycles. The molecule has 152 valence electrons. The zero-order valence-electron chi connectivity index (χ0n) is 16.1. The van der Waals surface area contributed by atoms with Crippen LogP contribution < -0.4 is 21.3 Å². The summed E-state index contributed by atoms with van der Waals surface area (Å²) in [4.78, 5) is 22.4. The zero-order chi connectivity index (χ0) is 20.1. The largest absolute Gasteiger partial charge is 0.434 e. The Morgan fingerprint density at radius 1 is 1.17 bits per heavy atom. The lowest BCUT2D eigenvalue weighted by atomic mass is 10.0. The van der Waals surface area contributed by atoms with Gasteiger partial charge in [0.15, 0.2) is 0 Å². The molecule has 4 rings (SSSR count). The number of H-pyrrole nitrogens is 1. The Hall–Kier alpha value is -3.24. The van der Waals surface area contributed by atoms with Crippen molar-refractivity contribution in [1.29, 1.82) is 0 Å². The topological polar surface area (TPSA) is 121 Å². The van der Waals surface area contributed by atoms with Gasteiger partial charge in [-0.1, -0.05) is 6.92 Å². The number of nitrogens with zero attached hydrogens (tertiary/aromatic N) is 4. The summed E-state index contributed by atoms with van der Waals surface area (Å²) < 4.78 is 10.6. The molecule has 0 amide bonds. The minimum absolute atomic E-state index is 0.203. The number of ether oxygens (including phenoxy) is 1. The van der Waals surface area contributed by atoms with Crippen molar-refractivity contribution in [2.75, 3.05) is 49.7 Å². The normalized spacial score (nSPS) is 14.2. The molecule has 0 atom stereocenters. The molecule has 0 aromatic carbocycles. The molecule has 0 radical (unpaired) electrons. The molecule has 10 heteroatoms. The van der Waals surface area contributed by atoms with E-state index < -0.39 is 5.76 Å². The Morgan fingerprint density at radius 3 is 2.76 bits per heavy atom. The summed E-state index contributed by atoms with van der Waals surface area (Å²) in [5.41, 5.74) is 3.46. The molecule has 0 bridgehead atoms. The summed E-state index contributed by atoms with van der Waals surface area (Å²) in [5, 5.41) is 12.7. The molecular weight excluding hydrogens is 374 g/mol. The van der Waals surface area contributed by atoms with Crippen LogP contribution in [0.1, 0.15) is 6.92 Å². The second kappa shape index (κ2) is 8.84. The van der Waals surface area contributed by atoms with Gasteiger partial charge in [-0.15, -0.1) is 5.10 Å². The van der Waals surface area contributed by atoms with Gasteiger partial charge in [0.1, 0.15) is 5.82 Å². The number of pyridine rings is 2. The van der Waals surface area contributed by atoms with Crippen LogP contribution in [0.25, 0.3) is 22.6 Å². The van der Waals surface area contributed by atoms with Crippen molar-refractivity contribution in [2.45, 2.75) is 6.92 Å². The minimum Gasteiger partial charge on any atom is -0.388 e. The number of morpholine rings is 1. The smallest absolute Gasteiger partial charge is 0.388 e. The first kappa shape index (κ1) is 19.1. The predicted octanol–water partition coefficient (Wildman–Crippen LogP) is 1.30. The van der Waals surface area contributed by atoms with Crippen LogP contribution in [0.3, 0.4) is 0 Å². The average molecular weight is 397 g/mol. The third-order valence-corrected chi connectivity index (χ3v) is 4.61. The van der Waals surface area contributed by atoms with E-state index in [1.54, 1.807) is 12.4 Å². The molecule has 3 aromatic heterocycles. The lowest BCUT2D eigenvalue weighted by Crippen LogP contribution is -2.36. The Morgan fingerprint density at radius 2 is 2.00 bits per heavy atom. The zero-order valence-corrected chi connectivity index (χ0v) is 16.1. The maximum Gasteiger partial charge on any atom is 0.434 e. The van der Waals surface area contributed by atoms with Gasteiger partial charge < -0.3 is 24.7 Å². The van der Waals surface area contributed by atoms with Gasteiger partial charge in [0.05, 0.1) is 31.1 Å². The number of aromatic nitrogens is 4. The Kier molecular flexibility index (Phi) is 5.82. The molecule has 0 saturated carbocycles. The van der Waals surface area contributed by atoms with Gasteiger partial charge in [-0.05, 0) is 12.6 Å². The lowest BCUT2D eigenvalue weighted by Gasteiger charge is -2.31. The first-order valence-electron chi connectivity index (χ1n) is 9.53. The summed E-state index contributed by atoms with van der Waals surface area (Å²) in [5.74, 6) is 0.393. The monoisotopic (exact) mass is 397 g/mol. The fraction of sp³-hybridized carbons (Fsp3) is 0.368. The third kappa shape index (κ3) is 4.44. The lowest BCUT2D eigenvalue weighted by molar-refractivity contribution is 0.123. The van der Waals surface area contributed by atoms with E-state index >= 15 is 0 Å². The van der Waals surface area contributed by atoms with Gasteiger partial charge in [0, 0.05) is 48.9 Å². The number of nitrogens with one attached hydrogen (secondary N) is 3. The molecule has 0 unspecified atom stereocenters. The first-order chi connectivity index (χ1) is 14.2. The van der Waals surface area contributed by atoms with E-state index in [-0.39, 0.29) is 5.89 Å². The van der Waals surface area contributed by atoms with E-state index in [1.807, 2.05) is 18.3 Å². The van der Waals surface area contributed by atoms with Crippen LogP contribution >= 0.6 is 0 Å². The Bertz CT molecular complexity index is 1010. The number of rotatable bonds is 7. The number of hydrogen-bond donors (Lipinski definition) is 3. The molecule has 4 heterocycles. The number of hydrogen-bond acceptors (Lipinski definition) is 9. The highest BCUT2D eigenvalue weighted by Crippen LogP contribution is 2.33. The molecule has 29 heavy (non-hydrogen) atoms. The van der Waals surface area contributed by atoms with Crippen LogP contribution in [0.5, 0.6) is 0 Å². The summed E-state index contributed by atoms with van der Waals surface area (Å²) in [6.07, 6.45) is 5.21. The van der Waals surface area contributed by atoms with E-state index in [1.165, 1.54) is 0 Å². The number of anilines is 2. The van der Waals surface area contributed by atoms with E-state index in [2.05, 4.69) is 42.6 Å². The summed E-state index contributed by atoms with van der Waals surface area (Å²) in [7, 11) is 0. The van der Waals surface area contributed by atoms with Crippen molar-refractivity contribution < 1.29 is 9.15 Å². The van der Waals surface area contributed by atoms with Gasteiger partial charge in [0.2, 0.25) is 0 Å². The third-order valence-electron chi connectivity index (χ3n) is 4.61. The van der Waals surface area contributed by atoms with Crippen molar-refractivity contribution in [3.8, 4) is 22.6 Å². The standard InChI is InChI=1S/C19H23N7O3/c1-2-20-12-23-17-8-16(26-3-5-28-6-4-26)15(11-22-17)13-7-14(10-21-9-13)18-24-25-19(27)29-18/h7-11,20H,2-6,12H2,1H3,(H,22,23)(H,25,27). The van der Waals surface area contributed by atoms with Crippen molar-refractivity contribution in [3.05, 3.63) is 41.3 Å². The maximum absolute atomic E-state index is 11.3. The number of aromatic amines is 1. The molecular formula is C19H23N7O3.